The molecule has 0 aliphatic heterocycles. The first-order valence-corrected chi connectivity index (χ1v) is 5.98. The number of pyridine rings is 1. The standard InChI is InChI=1S/C14H15NO6/c1-18-9-6-8(14(16)17)15-7-5-10(19-2)12(20-3)13(21-4)11(7)9/h5-6H,1-4H3,(H,16,17). The first kappa shape index (κ1) is 14.7. The number of ether oxygens (including phenoxy) is 4. The molecule has 0 bridgehead atoms. The number of carboxylic acid groups (broad SMARTS) is 1. The first-order chi connectivity index (χ1) is 10.1. The number of aromatic carboxylic acids is 1. The Morgan fingerprint density at radius 1 is 0.952 bits per heavy atom. The van der Waals surface area contributed by atoms with Crippen LogP contribution in [-0.2, 0) is 0 Å². The zero-order valence-corrected chi connectivity index (χ0v) is 12.1. The summed E-state index contributed by atoms with van der Waals surface area (Å²) in [7, 11) is 5.87. The van der Waals surface area contributed by atoms with Gasteiger partial charge in [-0.2, -0.15) is 0 Å². The van der Waals surface area contributed by atoms with Gasteiger partial charge in [-0.3, -0.25) is 0 Å². The van der Waals surface area contributed by atoms with Gasteiger partial charge in [-0.05, 0) is 0 Å². The number of benzene rings is 1. The fraction of sp³-hybridized carbons (Fsp3) is 0.286. The summed E-state index contributed by atoms with van der Waals surface area (Å²) in [5.41, 5.74) is 0.245. The molecule has 2 aromatic rings. The first-order valence-electron chi connectivity index (χ1n) is 5.98. The molecular weight excluding hydrogens is 278 g/mol. The molecule has 1 aromatic carbocycles. The molecule has 21 heavy (non-hydrogen) atoms. The van der Waals surface area contributed by atoms with Crippen LogP contribution in [0.25, 0.3) is 10.9 Å². The summed E-state index contributed by atoms with van der Waals surface area (Å²) in [6.07, 6.45) is 0. The Bertz CT molecular complexity index is 698. The van der Waals surface area contributed by atoms with E-state index in [2.05, 4.69) is 4.98 Å². The lowest BCUT2D eigenvalue weighted by Crippen LogP contribution is -2.04. The third-order valence-electron chi connectivity index (χ3n) is 3.00. The van der Waals surface area contributed by atoms with Crippen molar-refractivity contribution in [2.45, 2.75) is 0 Å². The number of nitrogens with zero attached hydrogens (tertiary/aromatic N) is 1. The zero-order chi connectivity index (χ0) is 15.6. The molecule has 0 aliphatic carbocycles. The summed E-state index contributed by atoms with van der Waals surface area (Å²) < 4.78 is 21.1. The summed E-state index contributed by atoms with van der Waals surface area (Å²) in [4.78, 5) is 15.2. The third kappa shape index (κ3) is 2.37. The number of methoxy groups -OCH3 is 4. The highest BCUT2D eigenvalue weighted by Gasteiger charge is 2.22. The molecule has 1 aromatic heterocycles. The van der Waals surface area contributed by atoms with E-state index < -0.39 is 5.97 Å². The van der Waals surface area contributed by atoms with Crippen molar-refractivity contribution in [2.24, 2.45) is 0 Å². The number of hydrogen-bond acceptors (Lipinski definition) is 6. The average Bonchev–Trinajstić information content (AvgIpc) is 2.51. The molecule has 7 nitrogen and oxygen atoms in total. The van der Waals surface area contributed by atoms with Crippen LogP contribution < -0.4 is 18.9 Å². The molecule has 1 N–H and O–H groups in total. The van der Waals surface area contributed by atoms with E-state index >= 15 is 0 Å². The van der Waals surface area contributed by atoms with Crippen LogP contribution in [0.5, 0.6) is 23.0 Å². The Kier molecular flexibility index (Phi) is 4.02. The Labute approximate surface area is 121 Å². The van der Waals surface area contributed by atoms with Crippen molar-refractivity contribution in [3.05, 3.63) is 17.8 Å². The van der Waals surface area contributed by atoms with Crippen molar-refractivity contribution in [2.75, 3.05) is 28.4 Å². The molecule has 0 atom stereocenters. The quantitative estimate of drug-likeness (QED) is 0.901. The lowest BCUT2D eigenvalue weighted by molar-refractivity contribution is 0.0690. The fourth-order valence-electron chi connectivity index (χ4n) is 2.10. The topological polar surface area (TPSA) is 87.1 Å². The van der Waals surface area contributed by atoms with Crippen molar-refractivity contribution in [3.8, 4) is 23.0 Å². The predicted octanol–water partition coefficient (Wildman–Crippen LogP) is 1.97. The van der Waals surface area contributed by atoms with Gasteiger partial charge in [-0.1, -0.05) is 0 Å². The smallest absolute Gasteiger partial charge is 0.354 e. The van der Waals surface area contributed by atoms with Gasteiger partial charge in [0, 0.05) is 12.1 Å². The maximum atomic E-state index is 11.1. The number of rotatable bonds is 5. The van der Waals surface area contributed by atoms with Crippen molar-refractivity contribution >= 4 is 16.9 Å². The third-order valence-corrected chi connectivity index (χ3v) is 3.00. The molecular formula is C14H15NO6. The van der Waals surface area contributed by atoms with Gasteiger partial charge in [0.1, 0.15) is 5.75 Å². The average molecular weight is 293 g/mol. The molecule has 0 unspecified atom stereocenters. The molecule has 0 amide bonds. The van der Waals surface area contributed by atoms with E-state index in [1.807, 2.05) is 0 Å². The van der Waals surface area contributed by atoms with Crippen LogP contribution >= 0.6 is 0 Å². The molecule has 7 heteroatoms. The predicted molar refractivity (Wildman–Crippen MR) is 74.9 cm³/mol. The minimum Gasteiger partial charge on any atom is -0.496 e. The normalized spacial score (nSPS) is 10.3. The maximum Gasteiger partial charge on any atom is 0.354 e. The van der Waals surface area contributed by atoms with Crippen LogP contribution in [0.15, 0.2) is 12.1 Å². The number of aromatic nitrogens is 1. The van der Waals surface area contributed by atoms with Gasteiger partial charge in [0.25, 0.3) is 0 Å². The van der Waals surface area contributed by atoms with Crippen LogP contribution in [0.2, 0.25) is 0 Å². The summed E-state index contributed by atoms with van der Waals surface area (Å²) >= 11 is 0. The van der Waals surface area contributed by atoms with Gasteiger partial charge in [-0.25, -0.2) is 9.78 Å². The molecule has 112 valence electrons. The second-order valence-corrected chi connectivity index (χ2v) is 4.05. The fourth-order valence-corrected chi connectivity index (χ4v) is 2.10. The number of carbonyl (C=O) groups is 1. The second kappa shape index (κ2) is 5.74. The molecule has 0 saturated carbocycles. The molecule has 2 rings (SSSR count). The Hall–Kier alpha value is -2.70. The molecule has 0 saturated heterocycles. The highest BCUT2D eigenvalue weighted by molar-refractivity contribution is 5.98. The van der Waals surface area contributed by atoms with Crippen molar-refractivity contribution in [3.63, 3.8) is 0 Å². The van der Waals surface area contributed by atoms with Gasteiger partial charge >= 0.3 is 5.97 Å². The SMILES string of the molecule is COc1cc2nc(C(=O)O)cc(OC)c2c(OC)c1OC. The van der Waals surface area contributed by atoms with E-state index in [-0.39, 0.29) is 5.69 Å². The number of hydrogen-bond donors (Lipinski definition) is 1. The molecule has 0 spiro atoms. The van der Waals surface area contributed by atoms with E-state index in [0.29, 0.717) is 33.9 Å². The van der Waals surface area contributed by atoms with E-state index in [0.717, 1.165) is 0 Å². The Morgan fingerprint density at radius 3 is 2.05 bits per heavy atom. The Morgan fingerprint density at radius 2 is 1.57 bits per heavy atom. The lowest BCUT2D eigenvalue weighted by atomic mass is 10.1. The van der Waals surface area contributed by atoms with Crippen molar-refractivity contribution in [1.29, 1.82) is 0 Å². The molecule has 1 heterocycles. The summed E-state index contributed by atoms with van der Waals surface area (Å²) in [5.74, 6) is 0.321. The van der Waals surface area contributed by atoms with E-state index in [1.54, 1.807) is 6.07 Å². The van der Waals surface area contributed by atoms with E-state index in [4.69, 9.17) is 24.1 Å². The molecule has 0 aliphatic rings. The van der Waals surface area contributed by atoms with E-state index in [9.17, 15) is 4.79 Å². The highest BCUT2D eigenvalue weighted by Crippen LogP contribution is 2.46. The van der Waals surface area contributed by atoms with Crippen LogP contribution in [-0.4, -0.2) is 44.5 Å². The Balaban J connectivity index is 2.93. The zero-order valence-electron chi connectivity index (χ0n) is 12.1. The van der Waals surface area contributed by atoms with Gasteiger partial charge < -0.3 is 24.1 Å². The van der Waals surface area contributed by atoms with Crippen molar-refractivity contribution in [1.82, 2.24) is 4.98 Å². The van der Waals surface area contributed by atoms with Crippen LogP contribution in [0.4, 0.5) is 0 Å². The summed E-state index contributed by atoms with van der Waals surface area (Å²) in [5, 5.41) is 9.63. The number of carboxylic acids is 1. The van der Waals surface area contributed by atoms with E-state index in [1.165, 1.54) is 34.5 Å². The van der Waals surface area contributed by atoms with Crippen molar-refractivity contribution < 1.29 is 28.8 Å². The minimum absolute atomic E-state index is 0.131. The molecule has 0 fully saturated rings. The molecule has 0 radical (unpaired) electrons. The van der Waals surface area contributed by atoms with Gasteiger partial charge in [0.2, 0.25) is 5.75 Å². The largest absolute Gasteiger partial charge is 0.496 e. The van der Waals surface area contributed by atoms with Gasteiger partial charge in [-0.15, -0.1) is 0 Å². The van der Waals surface area contributed by atoms with Crippen LogP contribution in [0, 0.1) is 0 Å². The van der Waals surface area contributed by atoms with Gasteiger partial charge in [0.15, 0.2) is 17.2 Å². The van der Waals surface area contributed by atoms with Crippen LogP contribution in [0.3, 0.4) is 0 Å². The number of fused-ring (bicyclic) bond motifs is 1. The second-order valence-electron chi connectivity index (χ2n) is 4.05. The maximum absolute atomic E-state index is 11.1. The lowest BCUT2D eigenvalue weighted by Gasteiger charge is -2.16. The van der Waals surface area contributed by atoms with Crippen LogP contribution in [0.1, 0.15) is 10.5 Å². The highest BCUT2D eigenvalue weighted by atomic mass is 16.5. The summed E-state index contributed by atoms with van der Waals surface area (Å²) in [6, 6.07) is 2.91. The monoisotopic (exact) mass is 293 g/mol. The summed E-state index contributed by atoms with van der Waals surface area (Å²) in [6.45, 7) is 0. The van der Waals surface area contributed by atoms with Gasteiger partial charge in [0.05, 0.1) is 39.3 Å². The minimum atomic E-state index is -1.15.